The normalized spacial score (nSPS) is 12.3. The number of carboxylic acids is 1. The number of rotatable bonds is 4. The molecule has 0 amide bonds. The molecular formula is C13H11ClO4S. The second-order valence-electron chi connectivity index (χ2n) is 3.98. The van der Waals surface area contributed by atoms with Crippen molar-refractivity contribution < 1.29 is 18.5 Å². The van der Waals surface area contributed by atoms with Crippen molar-refractivity contribution in [2.24, 2.45) is 0 Å². The van der Waals surface area contributed by atoms with Crippen LogP contribution in [0.1, 0.15) is 21.9 Å². The smallest absolute Gasteiger partial charge is 0.372 e. The van der Waals surface area contributed by atoms with Gasteiger partial charge in [0.2, 0.25) is 5.76 Å². The summed E-state index contributed by atoms with van der Waals surface area (Å²) in [6.45, 7) is 1.64. The summed E-state index contributed by atoms with van der Waals surface area (Å²) in [6, 6.07) is 8.32. The van der Waals surface area contributed by atoms with Crippen LogP contribution in [0, 0.1) is 6.92 Å². The minimum Gasteiger partial charge on any atom is -0.475 e. The molecule has 1 aromatic carbocycles. The highest BCUT2D eigenvalue weighted by molar-refractivity contribution is 7.84. The lowest BCUT2D eigenvalue weighted by molar-refractivity contribution is 0.0659. The topological polar surface area (TPSA) is 67.5 Å². The monoisotopic (exact) mass is 298 g/mol. The van der Waals surface area contributed by atoms with Crippen LogP contribution in [0.2, 0.25) is 5.02 Å². The highest BCUT2D eigenvalue weighted by atomic mass is 35.5. The summed E-state index contributed by atoms with van der Waals surface area (Å²) in [5, 5.41) is 9.39. The Balaban J connectivity index is 2.20. The van der Waals surface area contributed by atoms with E-state index in [9.17, 15) is 9.00 Å². The van der Waals surface area contributed by atoms with E-state index < -0.39 is 16.8 Å². The van der Waals surface area contributed by atoms with Crippen molar-refractivity contribution in [1.82, 2.24) is 0 Å². The molecule has 100 valence electrons. The Morgan fingerprint density at radius 2 is 2.16 bits per heavy atom. The van der Waals surface area contributed by atoms with Gasteiger partial charge in [-0.05, 0) is 31.2 Å². The Bertz CT molecular complexity index is 648. The van der Waals surface area contributed by atoms with Crippen LogP contribution in [0.4, 0.5) is 0 Å². The average Bonchev–Trinajstić information content (AvgIpc) is 2.70. The van der Waals surface area contributed by atoms with Crippen molar-refractivity contribution in [3.05, 3.63) is 52.4 Å². The zero-order valence-electron chi connectivity index (χ0n) is 10.1. The molecule has 2 aromatic rings. The van der Waals surface area contributed by atoms with Crippen LogP contribution >= 0.6 is 11.6 Å². The van der Waals surface area contributed by atoms with E-state index in [0.29, 0.717) is 21.2 Å². The molecule has 0 aliphatic heterocycles. The molecule has 1 atom stereocenters. The van der Waals surface area contributed by atoms with Gasteiger partial charge in [-0.3, -0.25) is 4.21 Å². The van der Waals surface area contributed by atoms with E-state index in [0.717, 1.165) is 0 Å². The van der Waals surface area contributed by atoms with Crippen molar-refractivity contribution in [2.75, 3.05) is 0 Å². The van der Waals surface area contributed by atoms with Crippen LogP contribution in [-0.2, 0) is 16.6 Å². The second kappa shape index (κ2) is 5.59. The van der Waals surface area contributed by atoms with Crippen molar-refractivity contribution in [3.8, 4) is 0 Å². The zero-order valence-corrected chi connectivity index (χ0v) is 11.6. The van der Waals surface area contributed by atoms with Gasteiger partial charge in [-0.15, -0.1) is 0 Å². The molecule has 0 aliphatic rings. The second-order valence-corrected chi connectivity index (χ2v) is 5.86. The lowest BCUT2D eigenvalue weighted by atomic mass is 10.3. The van der Waals surface area contributed by atoms with E-state index in [-0.39, 0.29) is 11.5 Å². The fourth-order valence-corrected chi connectivity index (χ4v) is 2.96. The molecule has 0 radical (unpaired) electrons. The average molecular weight is 299 g/mol. The van der Waals surface area contributed by atoms with Crippen LogP contribution in [0.15, 0.2) is 39.6 Å². The van der Waals surface area contributed by atoms with Crippen LogP contribution in [0.3, 0.4) is 0 Å². The Labute approximate surface area is 117 Å². The number of carbonyl (C=O) groups is 1. The summed E-state index contributed by atoms with van der Waals surface area (Å²) in [7, 11) is -1.32. The summed E-state index contributed by atoms with van der Waals surface area (Å²) >= 11 is 5.83. The van der Waals surface area contributed by atoms with E-state index in [1.54, 1.807) is 37.3 Å². The maximum atomic E-state index is 12.1. The fraction of sp³-hybridized carbons (Fsp3) is 0.154. The van der Waals surface area contributed by atoms with Gasteiger partial charge in [0.15, 0.2) is 0 Å². The van der Waals surface area contributed by atoms with Crippen molar-refractivity contribution in [2.45, 2.75) is 17.6 Å². The van der Waals surface area contributed by atoms with Crippen molar-refractivity contribution in [3.63, 3.8) is 0 Å². The standard InChI is InChI=1S/C13H11ClO4S/c1-8-5-10(18-12(8)13(15)16)7-19(17)11-4-2-3-9(14)6-11/h2-6H,7H2,1H3,(H,15,16). The van der Waals surface area contributed by atoms with Gasteiger partial charge in [-0.1, -0.05) is 17.7 Å². The molecule has 1 aromatic heterocycles. The summed E-state index contributed by atoms with van der Waals surface area (Å²) in [5.74, 6) is -0.738. The molecule has 0 saturated heterocycles. The Morgan fingerprint density at radius 3 is 2.74 bits per heavy atom. The molecule has 0 fully saturated rings. The van der Waals surface area contributed by atoms with Gasteiger partial charge in [0.05, 0.1) is 16.6 Å². The van der Waals surface area contributed by atoms with Gasteiger partial charge >= 0.3 is 5.97 Å². The third-order valence-electron chi connectivity index (χ3n) is 2.50. The maximum Gasteiger partial charge on any atom is 0.372 e. The van der Waals surface area contributed by atoms with Gasteiger partial charge in [-0.2, -0.15) is 0 Å². The number of aromatic carboxylic acids is 1. The highest BCUT2D eigenvalue weighted by Gasteiger charge is 2.16. The highest BCUT2D eigenvalue weighted by Crippen LogP contribution is 2.20. The van der Waals surface area contributed by atoms with Crippen LogP contribution in [-0.4, -0.2) is 15.3 Å². The predicted molar refractivity (Wildman–Crippen MR) is 72.0 cm³/mol. The third-order valence-corrected chi connectivity index (χ3v) is 4.06. The molecule has 1 N–H and O–H groups in total. The summed E-state index contributed by atoms with van der Waals surface area (Å²) in [5.41, 5.74) is 0.519. The summed E-state index contributed by atoms with van der Waals surface area (Å²) in [4.78, 5) is 11.4. The minimum atomic E-state index is -1.32. The SMILES string of the molecule is Cc1cc(CS(=O)c2cccc(Cl)c2)oc1C(=O)O. The molecule has 0 spiro atoms. The largest absolute Gasteiger partial charge is 0.475 e. The van der Waals surface area contributed by atoms with Gasteiger partial charge in [-0.25, -0.2) is 4.79 Å². The molecule has 1 unspecified atom stereocenters. The van der Waals surface area contributed by atoms with E-state index in [1.165, 1.54) is 0 Å². The molecule has 0 saturated carbocycles. The van der Waals surface area contributed by atoms with Gasteiger partial charge in [0.1, 0.15) is 5.76 Å². The van der Waals surface area contributed by atoms with E-state index in [4.69, 9.17) is 21.1 Å². The van der Waals surface area contributed by atoms with E-state index >= 15 is 0 Å². The number of hydrogen-bond donors (Lipinski definition) is 1. The Kier molecular flexibility index (Phi) is 4.07. The predicted octanol–water partition coefficient (Wildman–Crippen LogP) is 3.25. The maximum absolute atomic E-state index is 12.1. The van der Waals surface area contributed by atoms with Crippen LogP contribution in [0.25, 0.3) is 0 Å². The lowest BCUT2D eigenvalue weighted by Crippen LogP contribution is -1.96. The number of hydrogen-bond acceptors (Lipinski definition) is 3. The molecular weight excluding hydrogens is 288 g/mol. The van der Waals surface area contributed by atoms with Crippen LogP contribution in [0.5, 0.6) is 0 Å². The zero-order chi connectivity index (χ0) is 14.0. The lowest BCUT2D eigenvalue weighted by Gasteiger charge is -2.00. The first kappa shape index (κ1) is 13.8. The van der Waals surface area contributed by atoms with Crippen LogP contribution < -0.4 is 0 Å². The molecule has 4 nitrogen and oxygen atoms in total. The van der Waals surface area contributed by atoms with Crippen molar-refractivity contribution >= 4 is 28.4 Å². The van der Waals surface area contributed by atoms with Gasteiger partial charge in [0, 0.05) is 15.5 Å². The molecule has 6 heteroatoms. The number of carboxylic acid groups (broad SMARTS) is 1. The summed E-state index contributed by atoms with van der Waals surface area (Å²) < 4.78 is 17.3. The molecule has 19 heavy (non-hydrogen) atoms. The number of furan rings is 1. The number of aryl methyl sites for hydroxylation is 1. The van der Waals surface area contributed by atoms with E-state index in [2.05, 4.69) is 0 Å². The fourth-order valence-electron chi connectivity index (χ4n) is 1.65. The Morgan fingerprint density at radius 1 is 1.42 bits per heavy atom. The first-order valence-electron chi connectivity index (χ1n) is 5.44. The van der Waals surface area contributed by atoms with Gasteiger partial charge < -0.3 is 9.52 Å². The van der Waals surface area contributed by atoms with Crippen molar-refractivity contribution in [1.29, 1.82) is 0 Å². The third kappa shape index (κ3) is 3.24. The minimum absolute atomic E-state index is 0.113. The summed E-state index contributed by atoms with van der Waals surface area (Å²) in [6.07, 6.45) is 0. The quantitative estimate of drug-likeness (QED) is 0.941. The molecule has 2 rings (SSSR count). The number of benzene rings is 1. The molecule has 0 aliphatic carbocycles. The number of halogens is 1. The first-order chi connectivity index (χ1) is 8.97. The Hall–Kier alpha value is -1.59. The van der Waals surface area contributed by atoms with Gasteiger partial charge in [0.25, 0.3) is 0 Å². The van der Waals surface area contributed by atoms with E-state index in [1.807, 2.05) is 0 Å². The molecule has 0 bridgehead atoms. The molecule has 1 heterocycles. The first-order valence-corrected chi connectivity index (χ1v) is 7.13.